The number of rotatable bonds is 5. The molecule has 2 aliphatic heterocycles. The number of anilines is 1. The summed E-state index contributed by atoms with van der Waals surface area (Å²) in [6.07, 6.45) is 6.30. The van der Waals surface area contributed by atoms with E-state index < -0.39 is 11.6 Å². The van der Waals surface area contributed by atoms with Gasteiger partial charge in [0.25, 0.3) is 0 Å². The van der Waals surface area contributed by atoms with Crippen LogP contribution in [0, 0.1) is 11.3 Å². The molecule has 4 aromatic rings. The Balaban J connectivity index is 1.23. The van der Waals surface area contributed by atoms with Crippen molar-refractivity contribution in [3.05, 3.63) is 63.7 Å². The number of benzene rings is 1. The molecule has 238 valence electrons. The maximum absolute atomic E-state index is 14.3. The summed E-state index contributed by atoms with van der Waals surface area (Å²) in [5.41, 5.74) is 12.7. The topological polar surface area (TPSA) is 135 Å². The molecule has 4 atom stereocenters. The van der Waals surface area contributed by atoms with Crippen LogP contribution in [0.3, 0.4) is 0 Å². The number of fused-ring (bicyclic) bond motifs is 5. The van der Waals surface area contributed by atoms with Gasteiger partial charge in [0, 0.05) is 61.2 Å². The molecule has 2 N–H and O–H groups in total. The minimum atomic E-state index is -0.877. The van der Waals surface area contributed by atoms with Gasteiger partial charge in [-0.05, 0) is 76.7 Å². The van der Waals surface area contributed by atoms with E-state index in [-0.39, 0.29) is 12.1 Å². The molecule has 5 heterocycles. The van der Waals surface area contributed by atoms with Gasteiger partial charge >= 0.3 is 0 Å². The first kappa shape index (κ1) is 29.1. The molecule has 4 unspecified atom stereocenters. The number of ether oxygens (including phenoxy) is 1. The van der Waals surface area contributed by atoms with Gasteiger partial charge < -0.3 is 19.9 Å². The van der Waals surface area contributed by atoms with Crippen molar-refractivity contribution in [1.29, 1.82) is 5.26 Å². The maximum atomic E-state index is 14.3. The van der Waals surface area contributed by atoms with Gasteiger partial charge in [-0.1, -0.05) is 11.2 Å². The van der Waals surface area contributed by atoms with Crippen LogP contribution in [0.2, 0.25) is 0 Å². The summed E-state index contributed by atoms with van der Waals surface area (Å²) in [4.78, 5) is 14.1. The Morgan fingerprint density at radius 2 is 2.04 bits per heavy atom. The van der Waals surface area contributed by atoms with Gasteiger partial charge in [0.2, 0.25) is 5.88 Å². The third-order valence-corrected chi connectivity index (χ3v) is 10.6. The van der Waals surface area contributed by atoms with E-state index in [2.05, 4.69) is 23.2 Å². The Bertz CT molecular complexity index is 1880. The van der Waals surface area contributed by atoms with E-state index in [9.17, 15) is 9.65 Å². The van der Waals surface area contributed by atoms with E-state index in [0.717, 1.165) is 79.8 Å². The summed E-state index contributed by atoms with van der Waals surface area (Å²) in [5, 5.41) is 19.6. The first-order valence-corrected chi connectivity index (χ1v) is 16.2. The number of aromatic nitrogens is 5. The van der Waals surface area contributed by atoms with Gasteiger partial charge in [0.1, 0.15) is 18.3 Å². The summed E-state index contributed by atoms with van der Waals surface area (Å²) < 4.78 is 28.7. The standard InChI is InChI=1S/C34H38FN9O2/c1-19(27-13-22(35)18-43(27)3)45-29-14-28(44-17-21-16-42(2)12-9-26(21)40-44)38-33(39-29)31-23-5-4-10-34(32(23)46-41-31)11-8-20-6-7-25(37)24(15-36)30(20)34/h6-7,14,17,19,22,27H,4-5,8-13,16,18,37H2,1-3H3. The number of alkyl halides is 1. The number of halogens is 1. The molecule has 46 heavy (non-hydrogen) atoms. The van der Waals surface area contributed by atoms with Crippen molar-refractivity contribution in [3.8, 4) is 29.3 Å². The van der Waals surface area contributed by atoms with E-state index in [1.807, 2.05) is 37.2 Å². The molecule has 2 aliphatic carbocycles. The zero-order valence-corrected chi connectivity index (χ0v) is 26.5. The predicted octanol–water partition coefficient (Wildman–Crippen LogP) is 4.14. The number of hydrogen-bond donors (Lipinski definition) is 1. The molecule has 0 amide bonds. The van der Waals surface area contributed by atoms with Gasteiger partial charge in [-0.15, -0.1) is 0 Å². The fourth-order valence-electron chi connectivity index (χ4n) is 8.31. The van der Waals surface area contributed by atoms with E-state index in [1.165, 1.54) is 5.56 Å². The van der Waals surface area contributed by atoms with Crippen molar-refractivity contribution in [2.75, 3.05) is 32.9 Å². The maximum Gasteiger partial charge on any atom is 0.219 e. The lowest BCUT2D eigenvalue weighted by Crippen LogP contribution is -2.38. The molecule has 4 aliphatic rings. The third kappa shape index (κ3) is 4.59. The molecule has 1 saturated heterocycles. The molecule has 0 bridgehead atoms. The number of nitrogens with two attached hydrogens (primary N) is 1. The third-order valence-electron chi connectivity index (χ3n) is 10.6. The van der Waals surface area contributed by atoms with Crippen LogP contribution in [0.5, 0.6) is 5.88 Å². The zero-order valence-electron chi connectivity index (χ0n) is 26.5. The Hall–Kier alpha value is -4.34. The number of likely N-dealkylation sites (tertiary alicyclic amines) is 1. The fraction of sp³-hybridized carbons (Fsp3) is 0.500. The van der Waals surface area contributed by atoms with Crippen LogP contribution in [0.1, 0.15) is 71.9 Å². The lowest BCUT2D eigenvalue weighted by Gasteiger charge is -2.33. The summed E-state index contributed by atoms with van der Waals surface area (Å²) in [6.45, 7) is 4.12. The minimum absolute atomic E-state index is 0.0757. The monoisotopic (exact) mass is 623 g/mol. The first-order valence-electron chi connectivity index (χ1n) is 16.2. The van der Waals surface area contributed by atoms with E-state index in [1.54, 1.807) is 10.7 Å². The second-order valence-electron chi connectivity index (χ2n) is 13.5. The van der Waals surface area contributed by atoms with Gasteiger partial charge in [-0.2, -0.15) is 15.3 Å². The highest BCUT2D eigenvalue weighted by atomic mass is 19.1. The van der Waals surface area contributed by atoms with Crippen molar-refractivity contribution in [3.63, 3.8) is 0 Å². The minimum Gasteiger partial charge on any atom is -0.473 e. The summed E-state index contributed by atoms with van der Waals surface area (Å²) in [5.74, 6) is 2.11. The van der Waals surface area contributed by atoms with Crippen molar-refractivity contribution < 1.29 is 13.7 Å². The second-order valence-corrected chi connectivity index (χ2v) is 13.5. The van der Waals surface area contributed by atoms with Crippen LogP contribution < -0.4 is 10.5 Å². The van der Waals surface area contributed by atoms with E-state index >= 15 is 0 Å². The SMILES string of the molecule is CC(Oc1cc(-n2cc3c(n2)CCN(C)C3)nc(-c2noc3c2CCCC32CCc3ccc(N)c(C#N)c32)n1)C1CC(F)CN1C. The quantitative estimate of drug-likeness (QED) is 0.323. The average molecular weight is 624 g/mol. The molecule has 3 aromatic heterocycles. The van der Waals surface area contributed by atoms with Crippen LogP contribution in [0.25, 0.3) is 17.3 Å². The van der Waals surface area contributed by atoms with Crippen molar-refractivity contribution in [2.24, 2.45) is 0 Å². The zero-order chi connectivity index (χ0) is 31.7. The number of hydrogen-bond acceptors (Lipinski definition) is 10. The number of likely N-dealkylation sites (N-methyl/N-ethyl adjacent to an activating group) is 2. The Kier molecular flexibility index (Phi) is 6.88. The Morgan fingerprint density at radius 1 is 1.17 bits per heavy atom. The number of aryl methyl sites for hydroxylation is 1. The summed E-state index contributed by atoms with van der Waals surface area (Å²) in [7, 11) is 4.03. The largest absolute Gasteiger partial charge is 0.473 e. The molecule has 8 rings (SSSR count). The molecule has 1 fully saturated rings. The van der Waals surface area contributed by atoms with Crippen molar-refractivity contribution in [1.82, 2.24) is 34.7 Å². The van der Waals surface area contributed by atoms with Gasteiger partial charge in [0.05, 0.1) is 16.7 Å². The van der Waals surface area contributed by atoms with Gasteiger partial charge in [-0.3, -0.25) is 4.90 Å². The molecule has 1 spiro atoms. The molecule has 0 radical (unpaired) electrons. The lowest BCUT2D eigenvalue weighted by molar-refractivity contribution is 0.117. The molecule has 12 heteroatoms. The Morgan fingerprint density at radius 3 is 2.85 bits per heavy atom. The van der Waals surface area contributed by atoms with Crippen molar-refractivity contribution >= 4 is 5.69 Å². The highest BCUT2D eigenvalue weighted by Crippen LogP contribution is 2.54. The first-order chi connectivity index (χ1) is 22.2. The highest BCUT2D eigenvalue weighted by Gasteiger charge is 2.49. The lowest BCUT2D eigenvalue weighted by atomic mass is 9.68. The highest BCUT2D eigenvalue weighted by molar-refractivity contribution is 5.68. The normalized spacial score (nSPS) is 24.8. The smallest absolute Gasteiger partial charge is 0.219 e. The fourth-order valence-corrected chi connectivity index (χ4v) is 8.31. The van der Waals surface area contributed by atoms with Gasteiger partial charge in [0.15, 0.2) is 23.1 Å². The second kappa shape index (κ2) is 10.9. The average Bonchev–Trinajstić information content (AvgIpc) is 3.82. The molecule has 0 saturated carbocycles. The number of nitriles is 1. The predicted molar refractivity (Wildman–Crippen MR) is 168 cm³/mol. The van der Waals surface area contributed by atoms with Gasteiger partial charge in [-0.25, -0.2) is 14.1 Å². The summed E-state index contributed by atoms with van der Waals surface area (Å²) >= 11 is 0. The van der Waals surface area contributed by atoms with Crippen molar-refractivity contribution in [2.45, 2.75) is 82.1 Å². The van der Waals surface area contributed by atoms with Crippen LogP contribution in [-0.2, 0) is 31.2 Å². The van der Waals surface area contributed by atoms with Crippen LogP contribution >= 0.6 is 0 Å². The molecular weight excluding hydrogens is 585 g/mol. The van der Waals surface area contributed by atoms with Crippen LogP contribution in [-0.4, -0.2) is 80.2 Å². The summed E-state index contributed by atoms with van der Waals surface area (Å²) in [6, 6.07) is 7.96. The molecule has 11 nitrogen and oxygen atoms in total. The number of nitrogens with zero attached hydrogens (tertiary/aromatic N) is 8. The molecular formula is C34H38FN9O2. The Labute approximate surface area is 267 Å². The van der Waals surface area contributed by atoms with E-state index in [0.29, 0.717) is 47.4 Å². The number of nitrogen functional groups attached to an aromatic ring is 1. The van der Waals surface area contributed by atoms with Crippen LogP contribution in [0.15, 0.2) is 28.9 Å². The molecule has 1 aromatic carbocycles. The van der Waals surface area contributed by atoms with Crippen LogP contribution in [0.4, 0.5) is 10.1 Å². The van der Waals surface area contributed by atoms with E-state index in [4.69, 9.17) is 30.1 Å².